The van der Waals surface area contributed by atoms with Gasteiger partial charge in [-0.3, -0.25) is 4.79 Å². The quantitative estimate of drug-likeness (QED) is 0.593. The molecule has 0 radical (unpaired) electrons. The van der Waals surface area contributed by atoms with Gasteiger partial charge in [0.1, 0.15) is 5.82 Å². The minimum absolute atomic E-state index is 0.180. The molecule has 2 heterocycles. The van der Waals surface area contributed by atoms with E-state index in [-0.39, 0.29) is 30.7 Å². The highest BCUT2D eigenvalue weighted by molar-refractivity contribution is 7.89. The number of piperidine rings is 1. The molecule has 3 aromatic rings. The number of hydrogen-bond donors (Lipinski definition) is 1. The van der Waals surface area contributed by atoms with Crippen molar-refractivity contribution < 1.29 is 17.6 Å². The fraction of sp³-hybridized carbons (Fsp3) is 0.391. The number of fused-ring (bicyclic) bond motifs is 1. The molecule has 1 saturated heterocycles. The summed E-state index contributed by atoms with van der Waals surface area (Å²) in [6.07, 6.45) is 0.876. The summed E-state index contributed by atoms with van der Waals surface area (Å²) >= 11 is 1.22. The molecule has 170 valence electrons. The number of rotatable bonds is 4. The van der Waals surface area contributed by atoms with Crippen LogP contribution in [-0.4, -0.2) is 36.7 Å². The Balaban J connectivity index is 1.46. The van der Waals surface area contributed by atoms with Gasteiger partial charge >= 0.3 is 0 Å². The maximum atomic E-state index is 13.4. The topological polar surface area (TPSA) is 79.4 Å². The summed E-state index contributed by atoms with van der Waals surface area (Å²) in [4.78, 5) is 17.5. The largest absolute Gasteiger partial charge is 0.302 e. The van der Waals surface area contributed by atoms with Gasteiger partial charge in [-0.15, -0.1) is 0 Å². The van der Waals surface area contributed by atoms with E-state index >= 15 is 0 Å². The number of benzene rings is 2. The highest BCUT2D eigenvalue weighted by Gasteiger charge is 2.34. The number of hydrogen-bond acceptors (Lipinski definition) is 5. The molecule has 0 atom stereocenters. The molecule has 1 aliphatic heterocycles. The number of sulfonamides is 1. The predicted molar refractivity (Wildman–Crippen MR) is 125 cm³/mol. The van der Waals surface area contributed by atoms with Crippen LogP contribution in [-0.2, 0) is 14.8 Å². The third kappa shape index (κ3) is 4.16. The molecule has 1 aliphatic rings. The van der Waals surface area contributed by atoms with Crippen molar-refractivity contribution in [3.8, 4) is 0 Å². The van der Waals surface area contributed by atoms with Crippen LogP contribution in [0.3, 0.4) is 0 Å². The van der Waals surface area contributed by atoms with Crippen LogP contribution in [0.4, 0.5) is 9.52 Å². The van der Waals surface area contributed by atoms with Crippen LogP contribution >= 0.6 is 11.3 Å². The number of amides is 1. The number of anilines is 1. The SMILES string of the molecule is Cc1cc(C)c(C)c(S(=O)(=O)N2CCC(C(=O)Nc3nc4ccc(F)cc4s3)CC2)c1C. The lowest BCUT2D eigenvalue weighted by Crippen LogP contribution is -2.41. The smallest absolute Gasteiger partial charge is 0.243 e. The first-order valence-electron chi connectivity index (χ1n) is 10.5. The van der Waals surface area contributed by atoms with Crippen molar-refractivity contribution in [2.24, 2.45) is 5.92 Å². The van der Waals surface area contributed by atoms with Gasteiger partial charge in [-0.05, 0) is 81.0 Å². The molecule has 6 nitrogen and oxygen atoms in total. The van der Waals surface area contributed by atoms with Gasteiger partial charge in [-0.2, -0.15) is 4.31 Å². The number of halogens is 1. The number of aromatic nitrogens is 1. The normalized spacial score (nSPS) is 15.9. The lowest BCUT2D eigenvalue weighted by molar-refractivity contribution is -0.120. The van der Waals surface area contributed by atoms with E-state index < -0.39 is 10.0 Å². The Morgan fingerprint density at radius 1 is 1.09 bits per heavy atom. The summed E-state index contributed by atoms with van der Waals surface area (Å²) in [6.45, 7) is 8.12. The Kier molecular flexibility index (Phi) is 6.08. The standard InChI is InChI=1S/C23H26FN3O3S2/c1-13-11-14(2)16(4)21(15(13)3)32(29,30)27-9-7-17(8-10-27)22(28)26-23-25-19-6-5-18(24)12-20(19)31-23/h5-6,11-12,17H,7-10H2,1-4H3,(H,25,26,28). The number of thiazole rings is 1. The van der Waals surface area contributed by atoms with Crippen molar-refractivity contribution in [2.75, 3.05) is 18.4 Å². The van der Waals surface area contributed by atoms with Gasteiger partial charge < -0.3 is 5.32 Å². The molecule has 4 rings (SSSR count). The third-order valence-corrected chi connectivity index (χ3v) is 9.41. The summed E-state index contributed by atoms with van der Waals surface area (Å²) in [5, 5.41) is 3.24. The number of nitrogens with one attached hydrogen (secondary N) is 1. The van der Waals surface area contributed by atoms with Crippen molar-refractivity contribution in [1.82, 2.24) is 9.29 Å². The first-order valence-corrected chi connectivity index (χ1v) is 12.8. The highest BCUT2D eigenvalue weighted by atomic mass is 32.2. The summed E-state index contributed by atoms with van der Waals surface area (Å²) in [5.74, 6) is -0.825. The van der Waals surface area contributed by atoms with E-state index in [4.69, 9.17) is 0 Å². The number of carbonyl (C=O) groups excluding carboxylic acids is 1. The zero-order valence-corrected chi connectivity index (χ0v) is 20.2. The van der Waals surface area contributed by atoms with Crippen LogP contribution in [0.2, 0.25) is 0 Å². The van der Waals surface area contributed by atoms with Crippen LogP contribution in [0.25, 0.3) is 10.2 Å². The fourth-order valence-corrected chi connectivity index (χ4v) is 7.15. The molecule has 1 amide bonds. The molecule has 0 aliphatic carbocycles. The molecule has 0 bridgehead atoms. The van der Waals surface area contributed by atoms with E-state index in [0.717, 1.165) is 22.3 Å². The monoisotopic (exact) mass is 475 g/mol. The minimum atomic E-state index is -3.64. The van der Waals surface area contributed by atoms with Crippen LogP contribution < -0.4 is 5.32 Å². The maximum Gasteiger partial charge on any atom is 0.243 e. The van der Waals surface area contributed by atoms with Crippen molar-refractivity contribution >= 4 is 42.6 Å². The van der Waals surface area contributed by atoms with Crippen LogP contribution in [0.15, 0.2) is 29.2 Å². The molecule has 0 spiro atoms. The summed E-state index contributed by atoms with van der Waals surface area (Å²) in [7, 11) is -3.64. The van der Waals surface area contributed by atoms with Gasteiger partial charge in [0.2, 0.25) is 15.9 Å². The van der Waals surface area contributed by atoms with Crippen LogP contribution in [0.5, 0.6) is 0 Å². The average Bonchev–Trinajstić information content (AvgIpc) is 3.13. The Labute approximate surface area is 191 Å². The number of aryl methyl sites for hydroxylation is 2. The second-order valence-corrected chi connectivity index (χ2v) is 11.3. The third-order valence-electron chi connectivity index (χ3n) is 6.30. The number of carbonyl (C=O) groups is 1. The minimum Gasteiger partial charge on any atom is -0.302 e. The second kappa shape index (κ2) is 8.53. The zero-order chi connectivity index (χ0) is 23.2. The predicted octanol–water partition coefficient (Wildman–Crippen LogP) is 4.71. The highest BCUT2D eigenvalue weighted by Crippen LogP contribution is 2.32. The maximum absolute atomic E-state index is 13.4. The Hall–Kier alpha value is -2.36. The first-order chi connectivity index (χ1) is 15.1. The van der Waals surface area contributed by atoms with Gasteiger partial charge in [-0.25, -0.2) is 17.8 Å². The van der Waals surface area contributed by atoms with Crippen LogP contribution in [0.1, 0.15) is 35.1 Å². The zero-order valence-electron chi connectivity index (χ0n) is 18.5. The lowest BCUT2D eigenvalue weighted by Gasteiger charge is -2.31. The summed E-state index contributed by atoms with van der Waals surface area (Å²) in [5.41, 5.74) is 4.10. The van der Waals surface area contributed by atoms with Crippen molar-refractivity contribution in [2.45, 2.75) is 45.4 Å². The second-order valence-electron chi connectivity index (χ2n) is 8.39. The molecule has 1 aromatic heterocycles. The molecule has 0 unspecified atom stereocenters. The summed E-state index contributed by atoms with van der Waals surface area (Å²) in [6, 6.07) is 6.32. The average molecular weight is 476 g/mol. The van der Waals surface area contributed by atoms with Gasteiger partial charge in [0, 0.05) is 19.0 Å². The van der Waals surface area contributed by atoms with E-state index in [1.54, 1.807) is 6.07 Å². The van der Waals surface area contributed by atoms with E-state index in [1.807, 2.05) is 33.8 Å². The Bertz CT molecular complexity index is 1280. The van der Waals surface area contributed by atoms with Gasteiger partial charge in [0.25, 0.3) is 0 Å². The van der Waals surface area contributed by atoms with Crippen molar-refractivity contribution in [3.63, 3.8) is 0 Å². The molecular weight excluding hydrogens is 449 g/mol. The fourth-order valence-electron chi connectivity index (χ4n) is 4.21. The summed E-state index contributed by atoms with van der Waals surface area (Å²) < 4.78 is 42.4. The lowest BCUT2D eigenvalue weighted by atomic mass is 9.97. The molecular formula is C23H26FN3O3S2. The molecule has 1 N–H and O–H groups in total. The molecule has 32 heavy (non-hydrogen) atoms. The van der Waals surface area contributed by atoms with Crippen molar-refractivity contribution in [3.05, 3.63) is 52.3 Å². The van der Waals surface area contributed by atoms with E-state index in [2.05, 4.69) is 10.3 Å². The van der Waals surface area contributed by atoms with E-state index in [1.165, 1.54) is 27.8 Å². The van der Waals surface area contributed by atoms with E-state index in [9.17, 15) is 17.6 Å². The van der Waals surface area contributed by atoms with Gasteiger partial charge in [0.05, 0.1) is 15.1 Å². The molecule has 0 saturated carbocycles. The molecule has 9 heteroatoms. The first kappa shape index (κ1) is 22.8. The Morgan fingerprint density at radius 3 is 2.34 bits per heavy atom. The van der Waals surface area contributed by atoms with Gasteiger partial charge in [0.15, 0.2) is 5.13 Å². The molecule has 1 fully saturated rings. The van der Waals surface area contributed by atoms with Gasteiger partial charge in [-0.1, -0.05) is 17.4 Å². The van der Waals surface area contributed by atoms with E-state index in [0.29, 0.717) is 33.1 Å². The van der Waals surface area contributed by atoms with Crippen molar-refractivity contribution in [1.29, 1.82) is 0 Å². The van der Waals surface area contributed by atoms with Crippen LogP contribution in [0, 0.1) is 39.4 Å². The molecule has 2 aromatic carbocycles. The number of nitrogens with zero attached hydrogens (tertiary/aromatic N) is 2. The Morgan fingerprint density at radius 2 is 1.72 bits per heavy atom.